The smallest absolute Gasteiger partial charge is 0.287 e. The van der Waals surface area contributed by atoms with E-state index in [2.05, 4.69) is 20.8 Å². The summed E-state index contributed by atoms with van der Waals surface area (Å²) in [4.78, 5) is 39.0. The molecule has 1 aromatic heterocycles. The zero-order valence-corrected chi connectivity index (χ0v) is 17.8. The van der Waals surface area contributed by atoms with E-state index in [4.69, 9.17) is 0 Å². The number of nitrogens with one attached hydrogen (secondary N) is 3. The zero-order chi connectivity index (χ0) is 23.9. The van der Waals surface area contributed by atoms with Crippen molar-refractivity contribution in [2.45, 2.75) is 0 Å². The second-order valence-electron chi connectivity index (χ2n) is 7.22. The first kappa shape index (κ1) is 22.2. The molecular weight excluding hydrogens is 434 g/mol. The Hall–Kier alpha value is -5.05. The van der Waals surface area contributed by atoms with Crippen molar-refractivity contribution in [3.8, 4) is 0 Å². The van der Waals surface area contributed by atoms with E-state index >= 15 is 0 Å². The molecule has 3 aromatic carbocycles. The summed E-state index contributed by atoms with van der Waals surface area (Å²) in [6.45, 7) is 0. The largest absolute Gasteiger partial charge is 0.361 e. The van der Waals surface area contributed by atoms with Crippen LogP contribution in [0.4, 0.5) is 5.69 Å². The van der Waals surface area contributed by atoms with Crippen molar-refractivity contribution in [2.75, 3.05) is 0 Å². The van der Waals surface area contributed by atoms with Crippen LogP contribution >= 0.6 is 0 Å². The van der Waals surface area contributed by atoms with E-state index in [0.717, 1.165) is 16.5 Å². The fourth-order valence-electron chi connectivity index (χ4n) is 3.22. The number of para-hydroxylation sites is 1. The van der Waals surface area contributed by atoms with Crippen molar-refractivity contribution in [1.82, 2.24) is 15.7 Å². The number of fused-ring (bicyclic) bond motifs is 1. The molecule has 0 spiro atoms. The third-order valence-electron chi connectivity index (χ3n) is 4.93. The third-order valence-corrected chi connectivity index (χ3v) is 4.93. The van der Waals surface area contributed by atoms with Gasteiger partial charge in [0.15, 0.2) is 0 Å². The van der Waals surface area contributed by atoms with Gasteiger partial charge in [-0.25, -0.2) is 5.43 Å². The summed E-state index contributed by atoms with van der Waals surface area (Å²) in [7, 11) is 0. The molecule has 1 heterocycles. The van der Waals surface area contributed by atoms with E-state index in [9.17, 15) is 19.7 Å². The lowest BCUT2D eigenvalue weighted by molar-refractivity contribution is -0.384. The number of non-ortho nitro benzene ring substituents is 1. The van der Waals surface area contributed by atoms with Crippen LogP contribution < -0.4 is 10.7 Å². The number of H-pyrrole nitrogens is 1. The molecule has 3 N–H and O–H groups in total. The second-order valence-corrected chi connectivity index (χ2v) is 7.22. The highest BCUT2D eigenvalue weighted by Gasteiger charge is 2.15. The molecule has 0 aliphatic heterocycles. The third kappa shape index (κ3) is 5.22. The van der Waals surface area contributed by atoms with Gasteiger partial charge in [-0.1, -0.05) is 36.4 Å². The van der Waals surface area contributed by atoms with Gasteiger partial charge in [0, 0.05) is 40.4 Å². The summed E-state index contributed by atoms with van der Waals surface area (Å²) < 4.78 is 0. The Morgan fingerprint density at radius 2 is 1.65 bits per heavy atom. The number of nitro groups is 1. The standard InChI is InChI=1S/C25H19N5O4/c31-24(18-6-2-1-3-7-18)28-23(14-17-10-12-20(13-11-17)30(33)34)25(32)29-27-16-19-15-26-22-9-5-4-8-21(19)22/h1-16,26H,(H,28,31)(H,29,32). The van der Waals surface area contributed by atoms with Gasteiger partial charge in [-0.3, -0.25) is 19.7 Å². The molecule has 0 bridgehead atoms. The summed E-state index contributed by atoms with van der Waals surface area (Å²) in [6.07, 6.45) is 4.69. The molecule has 0 fully saturated rings. The number of carbonyl (C=O) groups excluding carboxylic acids is 2. The molecule has 9 nitrogen and oxygen atoms in total. The van der Waals surface area contributed by atoms with Gasteiger partial charge in [-0.15, -0.1) is 0 Å². The molecule has 168 valence electrons. The number of carbonyl (C=O) groups is 2. The van der Waals surface area contributed by atoms with Crippen LogP contribution in [0, 0.1) is 10.1 Å². The Balaban J connectivity index is 1.56. The number of benzene rings is 3. The molecule has 34 heavy (non-hydrogen) atoms. The predicted molar refractivity (Wildman–Crippen MR) is 129 cm³/mol. The normalized spacial score (nSPS) is 11.5. The first-order valence-corrected chi connectivity index (χ1v) is 10.2. The number of nitro benzene ring substituents is 1. The summed E-state index contributed by atoms with van der Waals surface area (Å²) in [5, 5.41) is 18.4. The van der Waals surface area contributed by atoms with Gasteiger partial charge in [0.2, 0.25) is 0 Å². The van der Waals surface area contributed by atoms with Gasteiger partial charge in [-0.05, 0) is 42.0 Å². The number of hydrogen-bond donors (Lipinski definition) is 3. The summed E-state index contributed by atoms with van der Waals surface area (Å²) in [5.41, 5.74) is 4.84. The van der Waals surface area contributed by atoms with Crippen molar-refractivity contribution >= 4 is 40.7 Å². The minimum atomic E-state index is -0.654. The first-order valence-electron chi connectivity index (χ1n) is 10.2. The SMILES string of the molecule is O=C(NN=Cc1c[nH]c2ccccc12)C(=Cc1ccc([N+](=O)[O-])cc1)NC(=O)c1ccccc1. The fraction of sp³-hybridized carbons (Fsp3) is 0. The average molecular weight is 453 g/mol. The van der Waals surface area contributed by atoms with Crippen molar-refractivity contribution in [1.29, 1.82) is 0 Å². The molecule has 4 aromatic rings. The monoisotopic (exact) mass is 453 g/mol. The van der Waals surface area contributed by atoms with E-state index in [1.54, 1.807) is 36.5 Å². The number of nitrogens with zero attached hydrogens (tertiary/aromatic N) is 2. The van der Waals surface area contributed by atoms with Crippen LogP contribution in [0.25, 0.3) is 17.0 Å². The summed E-state index contributed by atoms with van der Waals surface area (Å²) in [5.74, 6) is -1.14. The summed E-state index contributed by atoms with van der Waals surface area (Å²) >= 11 is 0. The fourth-order valence-corrected chi connectivity index (χ4v) is 3.22. The number of hydrogen-bond acceptors (Lipinski definition) is 5. The number of rotatable bonds is 7. The van der Waals surface area contributed by atoms with E-state index in [-0.39, 0.29) is 11.4 Å². The van der Waals surface area contributed by atoms with E-state index in [1.807, 2.05) is 24.3 Å². The molecule has 0 radical (unpaired) electrons. The minimum absolute atomic E-state index is 0.0706. The van der Waals surface area contributed by atoms with Gasteiger partial charge in [0.25, 0.3) is 17.5 Å². The topological polar surface area (TPSA) is 129 Å². The molecule has 2 amide bonds. The maximum Gasteiger partial charge on any atom is 0.287 e. The van der Waals surface area contributed by atoms with Gasteiger partial charge >= 0.3 is 0 Å². The number of aromatic nitrogens is 1. The molecule has 4 rings (SSSR count). The van der Waals surface area contributed by atoms with Crippen LogP contribution in [0.15, 0.2) is 95.9 Å². The van der Waals surface area contributed by atoms with Crippen molar-refractivity contribution in [2.24, 2.45) is 5.10 Å². The van der Waals surface area contributed by atoms with E-state index in [1.165, 1.54) is 36.6 Å². The molecule has 0 saturated heterocycles. The summed E-state index contributed by atoms with van der Waals surface area (Å²) in [6, 6.07) is 21.7. The van der Waals surface area contributed by atoms with E-state index < -0.39 is 16.7 Å². The van der Waals surface area contributed by atoms with Crippen LogP contribution in [0.5, 0.6) is 0 Å². The van der Waals surface area contributed by atoms with Crippen LogP contribution in [0.2, 0.25) is 0 Å². The van der Waals surface area contributed by atoms with Gasteiger partial charge in [-0.2, -0.15) is 5.10 Å². The zero-order valence-electron chi connectivity index (χ0n) is 17.8. The predicted octanol–water partition coefficient (Wildman–Crippen LogP) is 4.00. The maximum atomic E-state index is 12.9. The maximum absolute atomic E-state index is 12.9. The number of amides is 2. The Kier molecular flexibility index (Phi) is 6.55. The van der Waals surface area contributed by atoms with Crippen molar-refractivity contribution < 1.29 is 14.5 Å². The lowest BCUT2D eigenvalue weighted by Crippen LogP contribution is -2.32. The van der Waals surface area contributed by atoms with Crippen LogP contribution in [0.1, 0.15) is 21.5 Å². The second kappa shape index (κ2) is 10.0. The van der Waals surface area contributed by atoms with Crippen LogP contribution in [-0.4, -0.2) is 27.9 Å². The quantitative estimate of drug-likeness (QED) is 0.169. The van der Waals surface area contributed by atoms with Gasteiger partial charge < -0.3 is 10.3 Å². The average Bonchev–Trinajstić information content (AvgIpc) is 3.27. The highest BCUT2D eigenvalue weighted by molar-refractivity contribution is 6.06. The van der Waals surface area contributed by atoms with Crippen molar-refractivity contribution in [3.63, 3.8) is 0 Å². The first-order chi connectivity index (χ1) is 16.5. The van der Waals surface area contributed by atoms with Gasteiger partial charge in [0.05, 0.1) is 11.1 Å². The van der Waals surface area contributed by atoms with E-state index in [0.29, 0.717) is 11.1 Å². The molecule has 0 unspecified atom stereocenters. The highest BCUT2D eigenvalue weighted by atomic mass is 16.6. The van der Waals surface area contributed by atoms with Crippen LogP contribution in [-0.2, 0) is 4.79 Å². The Labute approximate surface area is 194 Å². The Morgan fingerprint density at radius 1 is 0.941 bits per heavy atom. The molecule has 0 saturated carbocycles. The molecule has 0 aliphatic rings. The van der Waals surface area contributed by atoms with Crippen LogP contribution in [0.3, 0.4) is 0 Å². The molecule has 0 aliphatic carbocycles. The molecule has 9 heteroatoms. The molecule has 0 atom stereocenters. The lowest BCUT2D eigenvalue weighted by Gasteiger charge is -2.09. The highest BCUT2D eigenvalue weighted by Crippen LogP contribution is 2.16. The Morgan fingerprint density at radius 3 is 2.38 bits per heavy atom. The molecular formula is C25H19N5O4. The van der Waals surface area contributed by atoms with Crippen molar-refractivity contribution in [3.05, 3.63) is 118 Å². The Bertz CT molecular complexity index is 1410. The number of aromatic amines is 1. The van der Waals surface area contributed by atoms with Gasteiger partial charge in [0.1, 0.15) is 5.70 Å². The minimum Gasteiger partial charge on any atom is -0.361 e. The lowest BCUT2D eigenvalue weighted by atomic mass is 10.1. The number of hydrazone groups is 1.